The van der Waals surface area contributed by atoms with Gasteiger partial charge in [0.05, 0.1) is 6.54 Å². The number of nitrogens with one attached hydrogen (secondary N) is 1. The molecule has 5 heteroatoms. The summed E-state index contributed by atoms with van der Waals surface area (Å²) in [6.07, 6.45) is 0. The molecule has 2 rings (SSSR count). The Kier molecular flexibility index (Phi) is 6.23. The second-order valence-electron chi connectivity index (χ2n) is 6.24. The molecule has 0 bridgehead atoms. The van der Waals surface area contributed by atoms with Gasteiger partial charge in [0, 0.05) is 37.0 Å². The van der Waals surface area contributed by atoms with Crippen molar-refractivity contribution in [2.75, 3.05) is 37.9 Å². The maximum atomic E-state index is 12.2. The molecule has 0 aromatic heterocycles. The summed E-state index contributed by atoms with van der Waals surface area (Å²) >= 11 is 5.93. The molecule has 1 N–H and O–H groups in total. The number of anilines is 2. The number of amides is 1. The van der Waals surface area contributed by atoms with Gasteiger partial charge in [0.25, 0.3) is 0 Å². The number of rotatable bonds is 6. The van der Waals surface area contributed by atoms with E-state index < -0.39 is 0 Å². The maximum absolute atomic E-state index is 12.2. The first-order valence-electron chi connectivity index (χ1n) is 7.86. The molecule has 128 valence electrons. The van der Waals surface area contributed by atoms with E-state index in [1.54, 1.807) is 6.07 Å². The second-order valence-corrected chi connectivity index (χ2v) is 6.68. The Morgan fingerprint density at radius 3 is 2.33 bits per heavy atom. The second kappa shape index (κ2) is 8.18. The molecule has 2 aromatic carbocycles. The third kappa shape index (κ3) is 5.25. The van der Waals surface area contributed by atoms with Crippen molar-refractivity contribution in [2.45, 2.75) is 13.5 Å². The minimum absolute atomic E-state index is 0.0344. The molecule has 2 aromatic rings. The summed E-state index contributed by atoms with van der Waals surface area (Å²) in [6.45, 7) is 2.98. The van der Waals surface area contributed by atoms with Crippen molar-refractivity contribution in [1.82, 2.24) is 4.90 Å². The maximum Gasteiger partial charge on any atom is 0.238 e. The molecule has 0 unspecified atom stereocenters. The zero-order valence-corrected chi connectivity index (χ0v) is 15.4. The lowest BCUT2D eigenvalue weighted by atomic mass is 10.2. The number of aryl methyl sites for hydroxylation is 1. The largest absolute Gasteiger partial charge is 0.378 e. The lowest BCUT2D eigenvalue weighted by Gasteiger charge is -2.18. The van der Waals surface area contributed by atoms with Crippen LogP contribution in [0.25, 0.3) is 0 Å². The van der Waals surface area contributed by atoms with Crippen LogP contribution in [0.5, 0.6) is 0 Å². The summed E-state index contributed by atoms with van der Waals surface area (Å²) in [6, 6.07) is 13.8. The first-order valence-corrected chi connectivity index (χ1v) is 8.24. The molecule has 0 saturated carbocycles. The third-order valence-corrected chi connectivity index (χ3v) is 4.02. The zero-order valence-electron chi connectivity index (χ0n) is 14.6. The van der Waals surface area contributed by atoms with Crippen molar-refractivity contribution in [3.05, 3.63) is 58.6 Å². The highest BCUT2D eigenvalue weighted by Crippen LogP contribution is 2.19. The van der Waals surface area contributed by atoms with Crippen LogP contribution >= 0.6 is 11.6 Å². The van der Waals surface area contributed by atoms with E-state index in [0.717, 1.165) is 23.5 Å². The molecular weight excluding hydrogens is 322 g/mol. The summed E-state index contributed by atoms with van der Waals surface area (Å²) in [4.78, 5) is 16.3. The predicted octanol–water partition coefficient (Wildman–Crippen LogP) is 3.78. The average molecular weight is 346 g/mol. The van der Waals surface area contributed by atoms with E-state index in [1.165, 1.54) is 5.56 Å². The molecule has 0 aliphatic heterocycles. The standard InChI is InChI=1S/C19H24ClN3O/c1-14-11-16(20)7-10-18(14)21-19(24)13-23(4)12-15-5-8-17(9-6-15)22(2)3/h5-11H,12-13H2,1-4H3,(H,21,24). The number of hydrogen-bond acceptors (Lipinski definition) is 3. The first kappa shape index (κ1) is 18.3. The van der Waals surface area contributed by atoms with Gasteiger partial charge in [-0.25, -0.2) is 0 Å². The summed E-state index contributed by atoms with van der Waals surface area (Å²) < 4.78 is 0. The molecule has 1 amide bonds. The highest BCUT2D eigenvalue weighted by atomic mass is 35.5. The van der Waals surface area contributed by atoms with Crippen LogP contribution in [0.3, 0.4) is 0 Å². The van der Waals surface area contributed by atoms with Crippen LogP contribution in [0.4, 0.5) is 11.4 Å². The van der Waals surface area contributed by atoms with Crippen LogP contribution in [-0.4, -0.2) is 38.5 Å². The van der Waals surface area contributed by atoms with Gasteiger partial charge >= 0.3 is 0 Å². The van der Waals surface area contributed by atoms with E-state index in [4.69, 9.17) is 11.6 Å². The van der Waals surface area contributed by atoms with Gasteiger partial charge in [-0.3, -0.25) is 9.69 Å². The summed E-state index contributed by atoms with van der Waals surface area (Å²) in [5.74, 6) is -0.0344. The fraction of sp³-hybridized carbons (Fsp3) is 0.316. The first-order chi connectivity index (χ1) is 11.3. The minimum Gasteiger partial charge on any atom is -0.378 e. The van der Waals surface area contributed by atoms with Crippen molar-refractivity contribution in [3.63, 3.8) is 0 Å². The van der Waals surface area contributed by atoms with E-state index in [1.807, 2.05) is 45.1 Å². The average Bonchev–Trinajstić information content (AvgIpc) is 2.50. The van der Waals surface area contributed by atoms with Gasteiger partial charge < -0.3 is 10.2 Å². The molecule has 0 radical (unpaired) electrons. The van der Waals surface area contributed by atoms with Crippen molar-refractivity contribution >= 4 is 28.9 Å². The topological polar surface area (TPSA) is 35.6 Å². The van der Waals surface area contributed by atoms with Gasteiger partial charge in [0.2, 0.25) is 5.91 Å². The summed E-state index contributed by atoms with van der Waals surface area (Å²) in [5.41, 5.74) is 4.10. The van der Waals surface area contributed by atoms with Gasteiger partial charge in [0.1, 0.15) is 0 Å². The van der Waals surface area contributed by atoms with Crippen LogP contribution in [0.1, 0.15) is 11.1 Å². The van der Waals surface area contributed by atoms with E-state index >= 15 is 0 Å². The van der Waals surface area contributed by atoms with Gasteiger partial charge in [-0.15, -0.1) is 0 Å². The Bertz CT molecular complexity index is 698. The number of benzene rings is 2. The number of carbonyl (C=O) groups excluding carboxylic acids is 1. The third-order valence-electron chi connectivity index (χ3n) is 3.78. The van der Waals surface area contributed by atoms with Crippen LogP contribution in [0.2, 0.25) is 5.02 Å². The van der Waals surface area contributed by atoms with Crippen molar-refractivity contribution < 1.29 is 4.79 Å². The number of hydrogen-bond donors (Lipinski definition) is 1. The van der Waals surface area contributed by atoms with E-state index in [9.17, 15) is 4.79 Å². The molecule has 0 spiro atoms. The van der Waals surface area contributed by atoms with E-state index in [0.29, 0.717) is 11.6 Å². The van der Waals surface area contributed by atoms with Gasteiger partial charge in [-0.1, -0.05) is 23.7 Å². The number of halogens is 1. The molecular formula is C19H24ClN3O. The molecule has 0 saturated heterocycles. The predicted molar refractivity (Wildman–Crippen MR) is 102 cm³/mol. The van der Waals surface area contributed by atoms with Crippen LogP contribution < -0.4 is 10.2 Å². The quantitative estimate of drug-likeness (QED) is 0.865. The van der Waals surface area contributed by atoms with Crippen LogP contribution in [0.15, 0.2) is 42.5 Å². The lowest BCUT2D eigenvalue weighted by molar-refractivity contribution is -0.117. The van der Waals surface area contributed by atoms with Crippen LogP contribution in [-0.2, 0) is 11.3 Å². The molecule has 0 aliphatic carbocycles. The number of nitrogens with zero attached hydrogens (tertiary/aromatic N) is 2. The monoisotopic (exact) mass is 345 g/mol. The van der Waals surface area contributed by atoms with E-state index in [2.05, 4.69) is 34.5 Å². The Hall–Kier alpha value is -2.04. The summed E-state index contributed by atoms with van der Waals surface area (Å²) in [5, 5.41) is 3.60. The molecule has 24 heavy (non-hydrogen) atoms. The number of carbonyl (C=O) groups is 1. The molecule has 0 aliphatic rings. The minimum atomic E-state index is -0.0344. The Labute approximate surface area is 149 Å². The normalized spacial score (nSPS) is 10.8. The molecule has 0 atom stereocenters. The molecule has 4 nitrogen and oxygen atoms in total. The van der Waals surface area contributed by atoms with Crippen molar-refractivity contribution in [3.8, 4) is 0 Å². The van der Waals surface area contributed by atoms with Gasteiger partial charge in [-0.05, 0) is 55.4 Å². The molecule has 0 fully saturated rings. The summed E-state index contributed by atoms with van der Waals surface area (Å²) in [7, 11) is 5.97. The SMILES string of the molecule is Cc1cc(Cl)ccc1NC(=O)CN(C)Cc1ccc(N(C)C)cc1. The Morgan fingerprint density at radius 2 is 1.75 bits per heavy atom. The molecule has 0 heterocycles. The Morgan fingerprint density at radius 1 is 1.08 bits per heavy atom. The van der Waals surface area contributed by atoms with Crippen molar-refractivity contribution in [2.24, 2.45) is 0 Å². The van der Waals surface area contributed by atoms with Crippen molar-refractivity contribution in [1.29, 1.82) is 0 Å². The Balaban J connectivity index is 1.89. The zero-order chi connectivity index (χ0) is 17.7. The lowest BCUT2D eigenvalue weighted by Crippen LogP contribution is -2.30. The highest BCUT2D eigenvalue weighted by molar-refractivity contribution is 6.30. The fourth-order valence-electron chi connectivity index (χ4n) is 2.47. The number of likely N-dealkylation sites (N-methyl/N-ethyl adjacent to an activating group) is 1. The van der Waals surface area contributed by atoms with E-state index in [-0.39, 0.29) is 5.91 Å². The highest BCUT2D eigenvalue weighted by Gasteiger charge is 2.09. The van der Waals surface area contributed by atoms with Crippen LogP contribution in [0, 0.1) is 6.92 Å². The van der Waals surface area contributed by atoms with Gasteiger partial charge in [0.15, 0.2) is 0 Å². The smallest absolute Gasteiger partial charge is 0.238 e. The fourth-order valence-corrected chi connectivity index (χ4v) is 2.70. The van der Waals surface area contributed by atoms with Gasteiger partial charge in [-0.2, -0.15) is 0 Å².